The van der Waals surface area contributed by atoms with Crippen LogP contribution in [0.2, 0.25) is 0 Å². The van der Waals surface area contributed by atoms with Crippen molar-refractivity contribution in [2.45, 2.75) is 13.0 Å². The molecule has 0 bridgehead atoms. The number of aliphatic hydroxyl groups excluding tert-OH is 1. The maximum Gasteiger partial charge on any atom is 0.328 e. The molecule has 0 aliphatic rings. The van der Waals surface area contributed by atoms with E-state index in [-0.39, 0.29) is 11.4 Å². The molecule has 20 heavy (non-hydrogen) atoms. The van der Waals surface area contributed by atoms with Gasteiger partial charge in [0.15, 0.2) is 6.04 Å². The Morgan fingerprint density at radius 3 is 2.60 bits per heavy atom. The molecule has 1 rings (SSSR count). The van der Waals surface area contributed by atoms with Crippen LogP contribution in [-0.4, -0.2) is 39.8 Å². The molecule has 0 aliphatic carbocycles. The van der Waals surface area contributed by atoms with Crippen molar-refractivity contribution >= 4 is 23.4 Å². The van der Waals surface area contributed by atoms with E-state index in [0.717, 1.165) is 6.07 Å². The number of benzene rings is 1. The third-order valence-electron chi connectivity index (χ3n) is 2.45. The second-order valence-corrected chi connectivity index (χ2v) is 3.93. The molecule has 1 atom stereocenters. The largest absolute Gasteiger partial charge is 0.480 e. The van der Waals surface area contributed by atoms with E-state index < -0.39 is 29.6 Å². The lowest BCUT2D eigenvalue weighted by Crippen LogP contribution is -2.45. The molecule has 0 aliphatic heterocycles. The second-order valence-electron chi connectivity index (χ2n) is 3.93. The van der Waals surface area contributed by atoms with E-state index in [1.165, 1.54) is 12.1 Å². The summed E-state index contributed by atoms with van der Waals surface area (Å²) in [5.74, 6) is -1.39. The van der Waals surface area contributed by atoms with Gasteiger partial charge in [0.25, 0.3) is 5.69 Å². The van der Waals surface area contributed by atoms with Crippen molar-refractivity contribution in [2.24, 2.45) is 0 Å². The zero-order valence-corrected chi connectivity index (χ0v) is 10.5. The van der Waals surface area contributed by atoms with Crippen molar-refractivity contribution in [3.8, 4) is 0 Å². The Balaban J connectivity index is 2.78. The van der Waals surface area contributed by atoms with Crippen molar-refractivity contribution in [3.63, 3.8) is 0 Å². The molecule has 0 saturated heterocycles. The Morgan fingerprint density at radius 1 is 1.45 bits per heavy atom. The molecule has 9 nitrogen and oxygen atoms in total. The fraction of sp³-hybridized carbons (Fsp3) is 0.273. The molecule has 0 heterocycles. The first-order valence-electron chi connectivity index (χ1n) is 5.51. The van der Waals surface area contributed by atoms with Crippen molar-refractivity contribution < 1.29 is 24.7 Å². The fourth-order valence-corrected chi connectivity index (χ4v) is 1.39. The summed E-state index contributed by atoms with van der Waals surface area (Å²) in [5.41, 5.74) is 0.404. The Bertz CT molecular complexity index is 545. The number of urea groups is 1. The monoisotopic (exact) mass is 283 g/mol. The van der Waals surface area contributed by atoms with Gasteiger partial charge in [0.05, 0.1) is 11.5 Å². The molecule has 108 valence electrons. The van der Waals surface area contributed by atoms with Crippen LogP contribution >= 0.6 is 0 Å². The number of nitrogens with one attached hydrogen (secondary N) is 2. The number of aliphatic carboxylic acids is 1. The highest BCUT2D eigenvalue weighted by molar-refractivity contribution is 5.92. The highest BCUT2D eigenvalue weighted by atomic mass is 16.6. The molecule has 4 N–H and O–H groups in total. The van der Waals surface area contributed by atoms with Crippen LogP contribution in [-0.2, 0) is 4.79 Å². The Labute approximate surface area is 113 Å². The number of amides is 2. The van der Waals surface area contributed by atoms with Crippen molar-refractivity contribution in [3.05, 3.63) is 33.9 Å². The van der Waals surface area contributed by atoms with E-state index in [0.29, 0.717) is 5.56 Å². The minimum atomic E-state index is -1.45. The zero-order valence-electron chi connectivity index (χ0n) is 10.5. The van der Waals surface area contributed by atoms with Crippen LogP contribution in [0.1, 0.15) is 5.56 Å². The maximum absolute atomic E-state index is 11.5. The number of anilines is 1. The molecule has 0 fully saturated rings. The first-order chi connectivity index (χ1) is 9.35. The van der Waals surface area contributed by atoms with Crippen molar-refractivity contribution in [1.82, 2.24) is 5.32 Å². The molecule has 0 spiro atoms. The topological polar surface area (TPSA) is 142 Å². The van der Waals surface area contributed by atoms with Gasteiger partial charge in [-0.2, -0.15) is 0 Å². The van der Waals surface area contributed by atoms with E-state index in [1.54, 1.807) is 6.92 Å². The van der Waals surface area contributed by atoms with Gasteiger partial charge in [-0.15, -0.1) is 0 Å². The molecular weight excluding hydrogens is 270 g/mol. The number of nitro groups is 1. The number of hydrogen-bond acceptors (Lipinski definition) is 5. The number of nitrogens with zero attached hydrogens (tertiary/aromatic N) is 1. The summed E-state index contributed by atoms with van der Waals surface area (Å²) in [5, 5.41) is 32.4. The van der Waals surface area contributed by atoms with Gasteiger partial charge in [-0.05, 0) is 13.0 Å². The summed E-state index contributed by atoms with van der Waals surface area (Å²) >= 11 is 0. The summed E-state index contributed by atoms with van der Waals surface area (Å²) < 4.78 is 0. The molecular formula is C11H13N3O6. The minimum absolute atomic E-state index is 0.141. The van der Waals surface area contributed by atoms with Gasteiger partial charge in [0.2, 0.25) is 0 Å². The van der Waals surface area contributed by atoms with E-state index in [2.05, 4.69) is 5.32 Å². The third kappa shape index (κ3) is 3.92. The smallest absolute Gasteiger partial charge is 0.328 e. The standard InChI is InChI=1S/C11H13N3O6/c1-6-2-3-7(4-9(6)14(19)20)12-11(18)13-8(5-15)10(16)17/h2-4,8,15H,5H2,1H3,(H,16,17)(H2,12,13,18). The first kappa shape index (κ1) is 15.4. The summed E-state index contributed by atoms with van der Waals surface area (Å²) in [4.78, 5) is 32.2. The highest BCUT2D eigenvalue weighted by Crippen LogP contribution is 2.22. The summed E-state index contributed by atoms with van der Waals surface area (Å²) in [6.07, 6.45) is 0. The van der Waals surface area contributed by atoms with Crippen LogP contribution in [0.15, 0.2) is 18.2 Å². The van der Waals surface area contributed by atoms with Crippen molar-refractivity contribution in [2.75, 3.05) is 11.9 Å². The van der Waals surface area contributed by atoms with Gasteiger partial charge < -0.3 is 20.8 Å². The number of hydrogen-bond donors (Lipinski definition) is 4. The number of rotatable bonds is 5. The van der Waals surface area contributed by atoms with Crippen molar-refractivity contribution in [1.29, 1.82) is 0 Å². The van der Waals surface area contributed by atoms with Crippen LogP contribution in [0.4, 0.5) is 16.2 Å². The molecule has 1 aromatic rings. The molecule has 0 aromatic heterocycles. The molecule has 1 aromatic carbocycles. The summed E-state index contributed by atoms with van der Waals surface area (Å²) in [6.45, 7) is 0.783. The van der Waals surface area contributed by atoms with Crippen LogP contribution in [0.3, 0.4) is 0 Å². The van der Waals surface area contributed by atoms with Gasteiger partial charge in [0.1, 0.15) is 0 Å². The zero-order chi connectivity index (χ0) is 15.3. The molecule has 0 radical (unpaired) electrons. The average Bonchev–Trinajstić information content (AvgIpc) is 2.37. The second kappa shape index (κ2) is 6.48. The van der Waals surface area contributed by atoms with Crippen LogP contribution in [0, 0.1) is 17.0 Å². The summed E-state index contributed by atoms with van der Waals surface area (Å²) in [7, 11) is 0. The number of carbonyl (C=O) groups is 2. The number of carbonyl (C=O) groups excluding carboxylic acids is 1. The Kier molecular flexibility index (Phi) is 4.98. The average molecular weight is 283 g/mol. The predicted molar refractivity (Wildman–Crippen MR) is 68.5 cm³/mol. The molecule has 2 amide bonds. The predicted octanol–water partition coefficient (Wildman–Crippen LogP) is 0.470. The maximum atomic E-state index is 11.5. The van der Waals surface area contributed by atoms with Gasteiger partial charge in [-0.1, -0.05) is 6.07 Å². The van der Waals surface area contributed by atoms with Gasteiger partial charge in [-0.3, -0.25) is 10.1 Å². The lowest BCUT2D eigenvalue weighted by molar-refractivity contribution is -0.385. The number of aliphatic hydroxyl groups is 1. The lowest BCUT2D eigenvalue weighted by atomic mass is 10.2. The number of nitro benzene ring substituents is 1. The SMILES string of the molecule is Cc1ccc(NC(=O)NC(CO)C(=O)O)cc1[N+](=O)[O-]. The third-order valence-corrected chi connectivity index (χ3v) is 2.45. The van der Waals surface area contributed by atoms with E-state index in [9.17, 15) is 19.7 Å². The van der Waals surface area contributed by atoms with Gasteiger partial charge in [-0.25, -0.2) is 9.59 Å². The van der Waals surface area contributed by atoms with E-state index >= 15 is 0 Å². The van der Waals surface area contributed by atoms with Crippen LogP contribution in [0.25, 0.3) is 0 Å². The van der Waals surface area contributed by atoms with Crippen LogP contribution in [0.5, 0.6) is 0 Å². The van der Waals surface area contributed by atoms with E-state index in [1.807, 2.05) is 5.32 Å². The number of carboxylic acids is 1. The fourth-order valence-electron chi connectivity index (χ4n) is 1.39. The number of aryl methyl sites for hydroxylation is 1. The normalized spacial score (nSPS) is 11.5. The summed E-state index contributed by atoms with van der Waals surface area (Å²) in [6, 6.07) is 1.72. The quantitative estimate of drug-likeness (QED) is 0.457. The Morgan fingerprint density at radius 2 is 2.10 bits per heavy atom. The van der Waals surface area contributed by atoms with Gasteiger partial charge in [0, 0.05) is 17.3 Å². The minimum Gasteiger partial charge on any atom is -0.480 e. The first-order valence-corrected chi connectivity index (χ1v) is 5.51. The lowest BCUT2D eigenvalue weighted by Gasteiger charge is -2.12. The Hall–Kier alpha value is -2.68. The van der Waals surface area contributed by atoms with Gasteiger partial charge >= 0.3 is 12.0 Å². The number of carboxylic acid groups (broad SMARTS) is 1. The van der Waals surface area contributed by atoms with E-state index in [4.69, 9.17) is 10.2 Å². The molecule has 1 unspecified atom stereocenters. The van der Waals surface area contributed by atoms with Crippen LogP contribution < -0.4 is 10.6 Å². The highest BCUT2D eigenvalue weighted by Gasteiger charge is 2.19. The molecule has 0 saturated carbocycles. The molecule has 9 heteroatoms.